The minimum absolute atomic E-state index is 0.877. The second-order valence-electron chi connectivity index (χ2n) is 4.08. The Morgan fingerprint density at radius 2 is 2.43 bits per heavy atom. The summed E-state index contributed by atoms with van der Waals surface area (Å²) in [6, 6.07) is 5.02. The Morgan fingerprint density at radius 3 is 3.07 bits per heavy atom. The average Bonchev–Trinajstić information content (AvgIpc) is 2.92. The summed E-state index contributed by atoms with van der Waals surface area (Å²) in [6.07, 6.45) is 4.76. The van der Waals surface area contributed by atoms with E-state index < -0.39 is 0 Å². The van der Waals surface area contributed by atoms with Crippen LogP contribution in [0.1, 0.15) is 18.5 Å². The summed E-state index contributed by atoms with van der Waals surface area (Å²) < 4.78 is 0. The Balaban J connectivity index is 1.54. The second kappa shape index (κ2) is 4.62. The highest BCUT2D eigenvalue weighted by Crippen LogP contribution is 2.24. The minimum atomic E-state index is 0.877. The summed E-state index contributed by atoms with van der Waals surface area (Å²) in [6.45, 7) is 3.18. The predicted octanol–water partition coefficient (Wildman–Crippen LogP) is 1.20. The first-order valence-corrected chi connectivity index (χ1v) is 5.39. The molecule has 1 aromatic rings. The molecule has 0 amide bonds. The van der Waals surface area contributed by atoms with Gasteiger partial charge in [0.2, 0.25) is 0 Å². The summed E-state index contributed by atoms with van der Waals surface area (Å²) in [5.74, 6) is 0. The van der Waals surface area contributed by atoms with Crippen LogP contribution in [-0.2, 0) is 6.54 Å². The van der Waals surface area contributed by atoms with Crippen LogP contribution in [0, 0.1) is 0 Å². The van der Waals surface area contributed by atoms with Crippen LogP contribution in [-0.4, -0.2) is 36.1 Å². The number of nitrogens with one attached hydrogen (secondary N) is 2. The first-order valence-electron chi connectivity index (χ1n) is 5.39. The van der Waals surface area contributed by atoms with Crippen molar-refractivity contribution < 1.29 is 0 Å². The fourth-order valence-electron chi connectivity index (χ4n) is 1.65. The lowest BCUT2D eigenvalue weighted by Crippen LogP contribution is -2.30. The van der Waals surface area contributed by atoms with Gasteiger partial charge in [-0.2, -0.15) is 0 Å². The highest BCUT2D eigenvalue weighted by molar-refractivity contribution is 5.02. The molecule has 1 heterocycles. The van der Waals surface area contributed by atoms with Crippen LogP contribution in [0.4, 0.5) is 0 Å². The fraction of sp³-hybridized carbons (Fsp3) is 0.636. The molecular formula is C11H19N3. The first-order chi connectivity index (χ1) is 6.86. The number of nitrogens with zero attached hydrogens (tertiary/aromatic N) is 1. The van der Waals surface area contributed by atoms with Gasteiger partial charge in [0.05, 0.1) is 0 Å². The number of likely N-dealkylation sites (N-methyl/N-ethyl adjacent to an activating group) is 1. The molecule has 0 spiro atoms. The Hall–Kier alpha value is -0.800. The van der Waals surface area contributed by atoms with Crippen molar-refractivity contribution in [2.75, 3.05) is 20.1 Å². The van der Waals surface area contributed by atoms with E-state index >= 15 is 0 Å². The van der Waals surface area contributed by atoms with Gasteiger partial charge in [-0.1, -0.05) is 0 Å². The third kappa shape index (κ3) is 2.86. The summed E-state index contributed by atoms with van der Waals surface area (Å²) >= 11 is 0. The van der Waals surface area contributed by atoms with Crippen LogP contribution in [0.5, 0.6) is 0 Å². The number of hydrogen-bond acceptors (Lipinski definition) is 2. The lowest BCUT2D eigenvalue weighted by atomic mass is 10.4. The molecule has 0 radical (unpaired) electrons. The van der Waals surface area contributed by atoms with Crippen LogP contribution in [0.25, 0.3) is 0 Å². The van der Waals surface area contributed by atoms with Gasteiger partial charge in [-0.3, -0.25) is 0 Å². The van der Waals surface area contributed by atoms with Crippen LogP contribution < -0.4 is 5.32 Å². The lowest BCUT2D eigenvalue weighted by molar-refractivity contribution is 0.321. The van der Waals surface area contributed by atoms with E-state index in [2.05, 4.69) is 28.3 Å². The average molecular weight is 193 g/mol. The van der Waals surface area contributed by atoms with Crippen molar-refractivity contribution in [2.45, 2.75) is 25.4 Å². The zero-order chi connectivity index (χ0) is 9.80. The monoisotopic (exact) mass is 193 g/mol. The van der Waals surface area contributed by atoms with Crippen molar-refractivity contribution >= 4 is 0 Å². The van der Waals surface area contributed by atoms with E-state index in [1.807, 2.05) is 12.3 Å². The molecule has 3 heteroatoms. The van der Waals surface area contributed by atoms with Crippen LogP contribution in [0.3, 0.4) is 0 Å². The second-order valence-corrected chi connectivity index (χ2v) is 4.08. The van der Waals surface area contributed by atoms with Gasteiger partial charge in [-0.25, -0.2) is 0 Å². The normalized spacial score (nSPS) is 16.4. The van der Waals surface area contributed by atoms with Crippen LogP contribution in [0.15, 0.2) is 18.3 Å². The number of aromatic nitrogens is 1. The van der Waals surface area contributed by atoms with Crippen molar-refractivity contribution in [3.05, 3.63) is 24.0 Å². The molecular weight excluding hydrogens is 174 g/mol. The molecule has 0 atom stereocenters. The van der Waals surface area contributed by atoms with Gasteiger partial charge in [0.15, 0.2) is 0 Å². The molecule has 1 aliphatic rings. The molecule has 0 bridgehead atoms. The molecule has 2 N–H and O–H groups in total. The molecule has 0 saturated heterocycles. The van der Waals surface area contributed by atoms with Gasteiger partial charge in [0, 0.05) is 37.6 Å². The van der Waals surface area contributed by atoms with Crippen molar-refractivity contribution in [3.63, 3.8) is 0 Å². The maximum Gasteiger partial charge on any atom is 0.0357 e. The van der Waals surface area contributed by atoms with Gasteiger partial charge < -0.3 is 15.2 Å². The summed E-state index contributed by atoms with van der Waals surface area (Å²) in [5.41, 5.74) is 1.26. The maximum absolute atomic E-state index is 3.43. The molecule has 1 saturated carbocycles. The number of hydrogen-bond donors (Lipinski definition) is 2. The highest BCUT2D eigenvalue weighted by Gasteiger charge is 2.25. The Morgan fingerprint density at radius 1 is 1.57 bits per heavy atom. The topological polar surface area (TPSA) is 31.1 Å². The summed E-state index contributed by atoms with van der Waals surface area (Å²) in [5, 5.41) is 3.43. The maximum atomic E-state index is 3.43. The van der Waals surface area contributed by atoms with Crippen LogP contribution >= 0.6 is 0 Å². The van der Waals surface area contributed by atoms with E-state index in [0.717, 1.165) is 25.7 Å². The molecule has 2 rings (SSSR count). The largest absolute Gasteiger partial charge is 0.364 e. The third-order valence-corrected chi connectivity index (χ3v) is 2.79. The van der Waals surface area contributed by atoms with Crippen molar-refractivity contribution in [1.82, 2.24) is 15.2 Å². The van der Waals surface area contributed by atoms with Crippen molar-refractivity contribution in [2.24, 2.45) is 0 Å². The van der Waals surface area contributed by atoms with Crippen molar-refractivity contribution in [1.29, 1.82) is 0 Å². The van der Waals surface area contributed by atoms with Gasteiger partial charge in [0.1, 0.15) is 0 Å². The SMILES string of the molecule is CN(CCNCc1ccc[nH]1)C1CC1. The van der Waals surface area contributed by atoms with E-state index in [1.54, 1.807) is 0 Å². The van der Waals surface area contributed by atoms with E-state index in [1.165, 1.54) is 18.5 Å². The number of rotatable bonds is 6. The highest BCUT2D eigenvalue weighted by atomic mass is 15.2. The first kappa shape index (κ1) is 9.74. The third-order valence-electron chi connectivity index (χ3n) is 2.79. The van der Waals surface area contributed by atoms with Gasteiger partial charge in [-0.15, -0.1) is 0 Å². The quantitative estimate of drug-likeness (QED) is 0.665. The minimum Gasteiger partial charge on any atom is -0.364 e. The summed E-state index contributed by atoms with van der Waals surface area (Å²) in [7, 11) is 2.22. The van der Waals surface area contributed by atoms with Gasteiger partial charge >= 0.3 is 0 Å². The van der Waals surface area contributed by atoms with E-state index in [4.69, 9.17) is 0 Å². The Labute approximate surface area is 85.5 Å². The standard InChI is InChI=1S/C11H19N3/c1-14(11-4-5-11)8-7-12-9-10-3-2-6-13-10/h2-3,6,11-13H,4-5,7-9H2,1H3. The lowest BCUT2D eigenvalue weighted by Gasteiger charge is -2.15. The molecule has 1 aliphatic carbocycles. The number of aromatic amines is 1. The molecule has 3 nitrogen and oxygen atoms in total. The smallest absolute Gasteiger partial charge is 0.0357 e. The zero-order valence-electron chi connectivity index (χ0n) is 8.79. The molecule has 1 aromatic heterocycles. The summed E-state index contributed by atoms with van der Waals surface area (Å²) in [4.78, 5) is 5.63. The van der Waals surface area contributed by atoms with Crippen LogP contribution in [0.2, 0.25) is 0 Å². The Kier molecular flexibility index (Phi) is 3.22. The van der Waals surface area contributed by atoms with Crippen molar-refractivity contribution in [3.8, 4) is 0 Å². The van der Waals surface area contributed by atoms with E-state index in [9.17, 15) is 0 Å². The van der Waals surface area contributed by atoms with E-state index in [0.29, 0.717) is 0 Å². The Bertz CT molecular complexity index is 252. The molecule has 0 unspecified atom stereocenters. The molecule has 1 fully saturated rings. The molecule has 0 aromatic carbocycles. The fourth-order valence-corrected chi connectivity index (χ4v) is 1.65. The molecule has 14 heavy (non-hydrogen) atoms. The van der Waals surface area contributed by atoms with E-state index in [-0.39, 0.29) is 0 Å². The predicted molar refractivity (Wildman–Crippen MR) is 58.2 cm³/mol. The molecule has 0 aliphatic heterocycles. The van der Waals surface area contributed by atoms with Gasteiger partial charge in [-0.05, 0) is 32.0 Å². The van der Waals surface area contributed by atoms with Gasteiger partial charge in [0.25, 0.3) is 0 Å². The number of H-pyrrole nitrogens is 1. The zero-order valence-corrected chi connectivity index (χ0v) is 8.79. The molecule has 78 valence electrons.